The van der Waals surface area contributed by atoms with Crippen molar-refractivity contribution in [2.45, 2.75) is 19.4 Å². The minimum Gasteiger partial charge on any atom is -0.493 e. The molecular formula is C22H25N5O2. The molecule has 0 bridgehead atoms. The maximum absolute atomic E-state index is 5.45. The smallest absolute Gasteiger partial charge is 0.247 e. The van der Waals surface area contributed by atoms with E-state index in [1.165, 1.54) is 16.7 Å². The summed E-state index contributed by atoms with van der Waals surface area (Å²) in [6.07, 6.45) is 3.49. The third-order valence-corrected chi connectivity index (χ3v) is 5.11. The molecule has 4 rings (SSSR count). The van der Waals surface area contributed by atoms with Gasteiger partial charge in [0.05, 0.1) is 20.4 Å². The van der Waals surface area contributed by atoms with Crippen LogP contribution in [-0.2, 0) is 19.4 Å². The molecule has 0 saturated carbocycles. The number of aromatic nitrogens is 3. The SMILES string of the molecule is COc1cc2c(cc1OC)CN(c1nncc(NCCc3ccccc3)n1)CC2. The third kappa shape index (κ3) is 4.39. The summed E-state index contributed by atoms with van der Waals surface area (Å²) >= 11 is 0. The average molecular weight is 391 g/mol. The number of methoxy groups -OCH3 is 2. The normalized spacial score (nSPS) is 13.0. The molecule has 0 fully saturated rings. The van der Waals surface area contributed by atoms with Crippen LogP contribution in [0.3, 0.4) is 0 Å². The van der Waals surface area contributed by atoms with E-state index in [1.54, 1.807) is 20.4 Å². The Kier molecular flexibility index (Phi) is 5.74. The van der Waals surface area contributed by atoms with Gasteiger partial charge in [-0.2, -0.15) is 10.1 Å². The number of fused-ring (bicyclic) bond motifs is 1. The molecule has 0 atom stereocenters. The van der Waals surface area contributed by atoms with E-state index in [4.69, 9.17) is 9.47 Å². The molecule has 0 saturated heterocycles. The standard InChI is InChI=1S/C22H25N5O2/c1-28-19-12-17-9-11-27(15-18(17)13-20(19)29-2)22-25-21(14-24-26-22)23-10-8-16-6-4-3-5-7-16/h3-7,12-14H,8-11,15H2,1-2H3,(H,23,25,26). The number of rotatable bonds is 7. The zero-order chi connectivity index (χ0) is 20.1. The fraction of sp³-hybridized carbons (Fsp3) is 0.318. The van der Waals surface area contributed by atoms with Gasteiger partial charge in [0.15, 0.2) is 17.3 Å². The molecule has 0 amide bonds. The lowest BCUT2D eigenvalue weighted by Crippen LogP contribution is -2.32. The molecule has 0 spiro atoms. The number of ether oxygens (including phenoxy) is 2. The molecule has 7 heteroatoms. The van der Waals surface area contributed by atoms with Gasteiger partial charge in [0, 0.05) is 19.6 Å². The van der Waals surface area contributed by atoms with Crippen molar-refractivity contribution in [1.82, 2.24) is 15.2 Å². The number of nitrogens with zero attached hydrogens (tertiary/aromatic N) is 4. The predicted octanol–water partition coefficient (Wildman–Crippen LogP) is 3.11. The van der Waals surface area contributed by atoms with Crippen molar-refractivity contribution < 1.29 is 9.47 Å². The first-order chi connectivity index (χ1) is 14.3. The molecule has 0 aliphatic carbocycles. The van der Waals surface area contributed by atoms with Crippen molar-refractivity contribution >= 4 is 11.8 Å². The van der Waals surface area contributed by atoms with Gasteiger partial charge in [0.2, 0.25) is 5.95 Å². The largest absolute Gasteiger partial charge is 0.493 e. The van der Waals surface area contributed by atoms with Gasteiger partial charge < -0.3 is 19.7 Å². The van der Waals surface area contributed by atoms with E-state index < -0.39 is 0 Å². The van der Waals surface area contributed by atoms with E-state index in [0.29, 0.717) is 12.5 Å². The molecule has 0 unspecified atom stereocenters. The second-order valence-electron chi connectivity index (χ2n) is 6.95. The first-order valence-corrected chi connectivity index (χ1v) is 9.73. The van der Waals surface area contributed by atoms with Gasteiger partial charge in [-0.05, 0) is 41.7 Å². The van der Waals surface area contributed by atoms with Gasteiger partial charge >= 0.3 is 0 Å². The first-order valence-electron chi connectivity index (χ1n) is 9.73. The monoisotopic (exact) mass is 391 g/mol. The highest BCUT2D eigenvalue weighted by atomic mass is 16.5. The summed E-state index contributed by atoms with van der Waals surface area (Å²) in [5.41, 5.74) is 3.75. The van der Waals surface area contributed by atoms with Gasteiger partial charge in [0.1, 0.15) is 0 Å². The lowest BCUT2D eigenvalue weighted by molar-refractivity contribution is 0.353. The predicted molar refractivity (Wildman–Crippen MR) is 113 cm³/mol. The maximum atomic E-state index is 5.45. The minimum absolute atomic E-state index is 0.634. The minimum atomic E-state index is 0.634. The molecule has 1 aromatic heterocycles. The van der Waals surface area contributed by atoms with E-state index in [-0.39, 0.29) is 0 Å². The van der Waals surface area contributed by atoms with Crippen LogP contribution in [-0.4, -0.2) is 42.5 Å². The number of hydrogen-bond donors (Lipinski definition) is 1. The van der Waals surface area contributed by atoms with Crippen LogP contribution in [0.1, 0.15) is 16.7 Å². The highest BCUT2D eigenvalue weighted by Gasteiger charge is 2.21. The van der Waals surface area contributed by atoms with Crippen molar-refractivity contribution in [2.24, 2.45) is 0 Å². The molecule has 150 valence electrons. The van der Waals surface area contributed by atoms with Gasteiger partial charge in [-0.3, -0.25) is 0 Å². The summed E-state index contributed by atoms with van der Waals surface area (Å²) in [6, 6.07) is 14.5. The van der Waals surface area contributed by atoms with Crippen molar-refractivity contribution in [3.05, 3.63) is 65.4 Å². The summed E-state index contributed by atoms with van der Waals surface area (Å²) in [7, 11) is 3.32. The summed E-state index contributed by atoms with van der Waals surface area (Å²) in [5.74, 6) is 2.88. The molecular weight excluding hydrogens is 366 g/mol. The van der Waals surface area contributed by atoms with Crippen LogP contribution in [0, 0.1) is 0 Å². The van der Waals surface area contributed by atoms with Crippen LogP contribution < -0.4 is 19.7 Å². The Morgan fingerprint density at radius 2 is 1.79 bits per heavy atom. The van der Waals surface area contributed by atoms with Crippen molar-refractivity contribution in [3.8, 4) is 11.5 Å². The Morgan fingerprint density at radius 1 is 1.03 bits per heavy atom. The molecule has 1 aliphatic heterocycles. The van der Waals surface area contributed by atoms with E-state index in [2.05, 4.69) is 55.7 Å². The average Bonchev–Trinajstić information content (AvgIpc) is 2.78. The van der Waals surface area contributed by atoms with E-state index in [0.717, 1.165) is 43.2 Å². The van der Waals surface area contributed by atoms with Crippen LogP contribution in [0.5, 0.6) is 11.5 Å². The highest BCUT2D eigenvalue weighted by Crippen LogP contribution is 2.33. The third-order valence-electron chi connectivity index (χ3n) is 5.11. The van der Waals surface area contributed by atoms with Crippen LogP contribution in [0.15, 0.2) is 48.7 Å². The molecule has 1 N–H and O–H groups in total. The van der Waals surface area contributed by atoms with Gasteiger partial charge in [-0.1, -0.05) is 30.3 Å². The van der Waals surface area contributed by atoms with Gasteiger partial charge in [0.25, 0.3) is 0 Å². The first kappa shape index (κ1) is 19.0. The zero-order valence-electron chi connectivity index (χ0n) is 16.8. The number of nitrogens with one attached hydrogen (secondary N) is 1. The van der Waals surface area contributed by atoms with Crippen molar-refractivity contribution in [1.29, 1.82) is 0 Å². The lowest BCUT2D eigenvalue weighted by Gasteiger charge is -2.29. The van der Waals surface area contributed by atoms with Gasteiger partial charge in [-0.25, -0.2) is 0 Å². The van der Waals surface area contributed by atoms with Crippen LogP contribution in [0.25, 0.3) is 0 Å². The maximum Gasteiger partial charge on any atom is 0.247 e. The Hall–Kier alpha value is -3.35. The molecule has 2 aromatic carbocycles. The van der Waals surface area contributed by atoms with Crippen molar-refractivity contribution in [2.75, 3.05) is 37.5 Å². The Labute approximate surface area is 170 Å². The number of hydrogen-bond acceptors (Lipinski definition) is 7. The summed E-state index contributed by atoms with van der Waals surface area (Å²) in [5, 5.41) is 11.7. The number of anilines is 2. The summed E-state index contributed by atoms with van der Waals surface area (Å²) in [6.45, 7) is 2.34. The second-order valence-corrected chi connectivity index (χ2v) is 6.95. The van der Waals surface area contributed by atoms with Crippen LogP contribution in [0.2, 0.25) is 0 Å². The molecule has 0 radical (unpaired) electrons. The molecule has 2 heterocycles. The molecule has 3 aromatic rings. The Balaban J connectivity index is 1.43. The summed E-state index contributed by atoms with van der Waals surface area (Å²) in [4.78, 5) is 6.80. The number of benzene rings is 2. The summed E-state index contributed by atoms with van der Waals surface area (Å²) < 4.78 is 10.9. The van der Waals surface area contributed by atoms with E-state index in [1.807, 2.05) is 12.1 Å². The van der Waals surface area contributed by atoms with Crippen molar-refractivity contribution in [3.63, 3.8) is 0 Å². The Bertz CT molecular complexity index is 965. The van der Waals surface area contributed by atoms with E-state index >= 15 is 0 Å². The van der Waals surface area contributed by atoms with E-state index in [9.17, 15) is 0 Å². The quantitative estimate of drug-likeness (QED) is 0.663. The Morgan fingerprint density at radius 3 is 2.55 bits per heavy atom. The fourth-order valence-electron chi connectivity index (χ4n) is 3.55. The highest BCUT2D eigenvalue weighted by molar-refractivity contribution is 5.51. The molecule has 7 nitrogen and oxygen atoms in total. The zero-order valence-corrected chi connectivity index (χ0v) is 16.8. The topological polar surface area (TPSA) is 72.4 Å². The van der Waals surface area contributed by atoms with Crippen LogP contribution in [0.4, 0.5) is 11.8 Å². The second kappa shape index (κ2) is 8.77. The lowest BCUT2D eigenvalue weighted by atomic mass is 9.99. The molecule has 29 heavy (non-hydrogen) atoms. The van der Waals surface area contributed by atoms with Gasteiger partial charge in [-0.15, -0.1) is 5.10 Å². The van der Waals surface area contributed by atoms with Crippen LogP contribution >= 0.6 is 0 Å². The fourth-order valence-corrected chi connectivity index (χ4v) is 3.55. The molecule has 1 aliphatic rings.